The highest BCUT2D eigenvalue weighted by Crippen LogP contribution is 2.31. The lowest BCUT2D eigenvalue weighted by Crippen LogP contribution is -2.42. The molecule has 2 aromatic rings. The molecule has 1 atom stereocenters. The van der Waals surface area contributed by atoms with E-state index in [2.05, 4.69) is 47.6 Å². The van der Waals surface area contributed by atoms with E-state index in [1.807, 2.05) is 12.1 Å². The third kappa shape index (κ3) is 4.49. The van der Waals surface area contributed by atoms with Crippen LogP contribution in [-0.2, 0) is 22.6 Å². The first-order valence-electron chi connectivity index (χ1n) is 10.6. The zero-order valence-electron chi connectivity index (χ0n) is 17.5. The van der Waals surface area contributed by atoms with E-state index in [9.17, 15) is 4.79 Å². The molecule has 6 heteroatoms. The van der Waals surface area contributed by atoms with E-state index in [1.165, 1.54) is 17.0 Å². The van der Waals surface area contributed by atoms with Gasteiger partial charge in [0.25, 0.3) is 5.91 Å². The molecule has 0 unspecified atom stereocenters. The monoisotopic (exact) mass is 397 g/mol. The molecule has 2 aliphatic heterocycles. The van der Waals surface area contributed by atoms with Crippen molar-refractivity contribution in [3.05, 3.63) is 53.3 Å². The summed E-state index contributed by atoms with van der Waals surface area (Å²) in [5, 5.41) is 0. The second-order valence-electron chi connectivity index (χ2n) is 7.87. The number of morpholine rings is 1. The summed E-state index contributed by atoms with van der Waals surface area (Å²) in [6.07, 6.45) is 1.11. The fraction of sp³-hybridized carbons (Fsp3) is 0.522. The number of aryl methyl sites for hydroxylation is 1. The van der Waals surface area contributed by atoms with E-state index in [0.29, 0.717) is 32.3 Å². The third-order valence-electron chi connectivity index (χ3n) is 6.05. The van der Waals surface area contributed by atoms with E-state index >= 15 is 0 Å². The second-order valence-corrected chi connectivity index (χ2v) is 7.87. The minimum Gasteiger partial charge on any atom is -0.484 e. The van der Waals surface area contributed by atoms with Gasteiger partial charge in [-0.15, -0.1) is 0 Å². The molecule has 6 nitrogen and oxygen atoms in total. The highest BCUT2D eigenvalue weighted by atomic mass is 16.5. The van der Waals surface area contributed by atoms with Crippen molar-refractivity contribution in [3.63, 3.8) is 0 Å². The second kappa shape index (κ2) is 9.01. The molecule has 2 aliphatic rings. The van der Waals surface area contributed by atoms with E-state index in [1.54, 1.807) is 4.90 Å². The maximum atomic E-state index is 12.2. The van der Waals surface area contributed by atoms with Crippen LogP contribution < -0.4 is 4.74 Å². The Labute approximate surface area is 173 Å². The Morgan fingerprint density at radius 2 is 1.83 bits per heavy atom. The van der Waals surface area contributed by atoms with Gasteiger partial charge in [0.1, 0.15) is 5.75 Å². The number of fused-ring (bicyclic) bond motifs is 1. The van der Waals surface area contributed by atoms with Gasteiger partial charge in [-0.2, -0.15) is 0 Å². The molecule has 0 radical (unpaired) electrons. The van der Waals surface area contributed by atoms with Crippen molar-refractivity contribution in [1.82, 2.24) is 14.4 Å². The summed E-state index contributed by atoms with van der Waals surface area (Å²) in [6.45, 7) is 10.1. The third-order valence-corrected chi connectivity index (χ3v) is 6.05. The van der Waals surface area contributed by atoms with Gasteiger partial charge in [-0.25, -0.2) is 0 Å². The van der Waals surface area contributed by atoms with Crippen molar-refractivity contribution in [2.45, 2.75) is 39.4 Å². The number of nitrogens with zero attached hydrogens (tertiary/aromatic N) is 3. The molecule has 1 aromatic carbocycles. The minimum absolute atomic E-state index is 0.0229. The number of carbonyl (C=O) groups excluding carboxylic acids is 1. The van der Waals surface area contributed by atoms with Crippen molar-refractivity contribution in [3.8, 4) is 5.75 Å². The predicted octanol–water partition coefficient (Wildman–Crippen LogP) is 3.00. The van der Waals surface area contributed by atoms with Crippen LogP contribution in [0.4, 0.5) is 0 Å². The zero-order chi connectivity index (χ0) is 20.2. The average Bonchev–Trinajstić information content (AvgIpc) is 3.14. The van der Waals surface area contributed by atoms with Crippen molar-refractivity contribution < 1.29 is 14.3 Å². The van der Waals surface area contributed by atoms with E-state index in [0.717, 1.165) is 31.8 Å². The maximum absolute atomic E-state index is 12.2. The van der Waals surface area contributed by atoms with Crippen molar-refractivity contribution in [1.29, 1.82) is 0 Å². The molecule has 4 rings (SSSR count). The first kappa shape index (κ1) is 20.0. The van der Waals surface area contributed by atoms with Gasteiger partial charge in [0.15, 0.2) is 6.61 Å². The Morgan fingerprint density at radius 1 is 1.07 bits per heavy atom. The summed E-state index contributed by atoms with van der Waals surface area (Å²) in [7, 11) is 0. The van der Waals surface area contributed by atoms with E-state index in [4.69, 9.17) is 9.47 Å². The van der Waals surface area contributed by atoms with Crippen molar-refractivity contribution in [2.75, 3.05) is 39.5 Å². The zero-order valence-corrected chi connectivity index (χ0v) is 17.5. The number of hydrogen-bond donors (Lipinski definition) is 0. The van der Waals surface area contributed by atoms with Crippen LogP contribution in [0.25, 0.3) is 0 Å². The lowest BCUT2D eigenvalue weighted by Gasteiger charge is -2.37. The summed E-state index contributed by atoms with van der Waals surface area (Å²) in [5.41, 5.74) is 4.05. The first-order chi connectivity index (χ1) is 14.2. The lowest BCUT2D eigenvalue weighted by atomic mass is 10.1. The van der Waals surface area contributed by atoms with Gasteiger partial charge in [0, 0.05) is 44.1 Å². The lowest BCUT2D eigenvalue weighted by molar-refractivity contribution is -0.137. The predicted molar refractivity (Wildman–Crippen MR) is 112 cm³/mol. The highest BCUT2D eigenvalue weighted by molar-refractivity contribution is 5.77. The molecule has 1 aromatic heterocycles. The molecule has 1 fully saturated rings. The number of amides is 1. The van der Waals surface area contributed by atoms with Crippen LogP contribution in [-0.4, -0.2) is 59.7 Å². The maximum Gasteiger partial charge on any atom is 0.260 e. The Kier molecular flexibility index (Phi) is 6.21. The Morgan fingerprint density at radius 3 is 2.55 bits per heavy atom. The fourth-order valence-corrected chi connectivity index (χ4v) is 4.39. The molecule has 1 saturated heterocycles. The Balaban J connectivity index is 1.33. The Hall–Kier alpha value is -2.31. The van der Waals surface area contributed by atoms with Gasteiger partial charge in [0.2, 0.25) is 0 Å². The normalized spacial score (nSPS) is 19.8. The van der Waals surface area contributed by atoms with Gasteiger partial charge in [-0.3, -0.25) is 9.69 Å². The molecule has 3 heterocycles. The fourth-order valence-electron chi connectivity index (χ4n) is 4.39. The van der Waals surface area contributed by atoms with Crippen LogP contribution in [0.15, 0.2) is 36.4 Å². The number of hydrogen-bond acceptors (Lipinski definition) is 4. The molecule has 0 saturated carbocycles. The largest absolute Gasteiger partial charge is 0.484 e. The molecular weight excluding hydrogens is 366 g/mol. The van der Waals surface area contributed by atoms with Gasteiger partial charge in [-0.1, -0.05) is 19.1 Å². The number of ether oxygens (including phenoxy) is 2. The summed E-state index contributed by atoms with van der Waals surface area (Å²) in [4.78, 5) is 16.6. The van der Waals surface area contributed by atoms with E-state index in [-0.39, 0.29) is 12.5 Å². The van der Waals surface area contributed by atoms with Gasteiger partial charge in [-0.05, 0) is 43.2 Å². The molecule has 1 amide bonds. The summed E-state index contributed by atoms with van der Waals surface area (Å²) in [6, 6.07) is 13.1. The summed E-state index contributed by atoms with van der Waals surface area (Å²) < 4.78 is 13.4. The van der Waals surface area contributed by atoms with Crippen LogP contribution in [0.5, 0.6) is 5.75 Å². The number of benzene rings is 1. The summed E-state index contributed by atoms with van der Waals surface area (Å²) in [5.74, 6) is 0.764. The number of carbonyl (C=O) groups is 1. The van der Waals surface area contributed by atoms with Gasteiger partial charge < -0.3 is 18.9 Å². The van der Waals surface area contributed by atoms with Gasteiger partial charge in [0.05, 0.1) is 19.3 Å². The highest BCUT2D eigenvalue weighted by Gasteiger charge is 2.26. The van der Waals surface area contributed by atoms with Crippen LogP contribution >= 0.6 is 0 Å². The van der Waals surface area contributed by atoms with Crippen LogP contribution in [0.3, 0.4) is 0 Å². The van der Waals surface area contributed by atoms with E-state index < -0.39 is 0 Å². The molecule has 0 spiro atoms. The van der Waals surface area contributed by atoms with Crippen LogP contribution in [0, 0.1) is 6.92 Å². The Bertz CT molecular complexity index is 824. The molecule has 0 N–H and O–H groups in total. The molecular formula is C23H31N3O3. The SMILES string of the molecule is CC[C@@H]1c2ccc(C)n2CCN1Cc1ccc(OCC(=O)N2CCOCC2)cc1. The molecule has 0 aliphatic carbocycles. The van der Waals surface area contributed by atoms with Crippen LogP contribution in [0.2, 0.25) is 0 Å². The average molecular weight is 398 g/mol. The quantitative estimate of drug-likeness (QED) is 0.752. The topological polar surface area (TPSA) is 46.9 Å². The molecule has 29 heavy (non-hydrogen) atoms. The van der Waals surface area contributed by atoms with Gasteiger partial charge >= 0.3 is 0 Å². The van der Waals surface area contributed by atoms with Crippen LogP contribution in [0.1, 0.15) is 36.3 Å². The summed E-state index contributed by atoms with van der Waals surface area (Å²) >= 11 is 0. The number of aromatic nitrogens is 1. The molecule has 0 bridgehead atoms. The standard InChI is InChI=1S/C23H31N3O3/c1-3-21-22-9-4-18(2)26(22)11-10-25(21)16-19-5-7-20(8-6-19)29-17-23(27)24-12-14-28-15-13-24/h4-9,21H,3,10-17H2,1-2H3/t21-/m1/s1. The minimum atomic E-state index is 0.0229. The van der Waals surface area contributed by atoms with Crippen molar-refractivity contribution >= 4 is 5.91 Å². The van der Waals surface area contributed by atoms with Crippen molar-refractivity contribution in [2.24, 2.45) is 0 Å². The molecule has 156 valence electrons. The number of rotatable bonds is 6. The first-order valence-corrected chi connectivity index (χ1v) is 10.6. The smallest absolute Gasteiger partial charge is 0.260 e.